The molecule has 0 amide bonds. The van der Waals surface area contributed by atoms with Gasteiger partial charge < -0.3 is 4.57 Å². The Hall–Kier alpha value is -4.88. The number of nitrogens with zero attached hydrogens (tertiary/aromatic N) is 1. The number of para-hydroxylation sites is 2. The SMILES string of the molecule is CC(C)(C)c1ccc(-c2ccccc2)cc1-c1ccccc1.CC(C)(C)c1cccc(-n2c3ccccc3c3ccccc32)c1. The molecule has 224 valence electrons. The van der Waals surface area contributed by atoms with E-state index in [0.717, 1.165) is 0 Å². The van der Waals surface area contributed by atoms with E-state index in [-0.39, 0.29) is 10.8 Å². The van der Waals surface area contributed by atoms with E-state index in [0.29, 0.717) is 0 Å². The Bertz CT molecular complexity index is 2000. The van der Waals surface area contributed by atoms with Crippen LogP contribution in [0.15, 0.2) is 152 Å². The molecule has 0 fully saturated rings. The summed E-state index contributed by atoms with van der Waals surface area (Å²) >= 11 is 0. The van der Waals surface area contributed by atoms with Crippen molar-refractivity contribution in [1.29, 1.82) is 0 Å². The van der Waals surface area contributed by atoms with Crippen molar-refractivity contribution in [2.24, 2.45) is 0 Å². The molecule has 0 N–H and O–H groups in total. The summed E-state index contributed by atoms with van der Waals surface area (Å²) in [4.78, 5) is 0. The molecule has 0 aliphatic rings. The standard InChI is InChI=1S/C22H21N.C22H22/c1-22(2,3)16-9-8-10-17(15-16)23-20-13-6-4-11-18(20)19-12-5-7-14-21(19)23;1-22(2,3)21-15-14-19(17-10-6-4-7-11-17)16-20(21)18-12-8-5-9-13-18/h4-15H,1-3H3;4-16H,1-3H3. The van der Waals surface area contributed by atoms with Crippen molar-refractivity contribution in [3.63, 3.8) is 0 Å². The van der Waals surface area contributed by atoms with Crippen LogP contribution in [0.1, 0.15) is 52.7 Å². The summed E-state index contributed by atoms with van der Waals surface area (Å²) in [6.45, 7) is 13.6. The van der Waals surface area contributed by atoms with E-state index in [2.05, 4.69) is 198 Å². The third kappa shape index (κ3) is 6.35. The van der Waals surface area contributed by atoms with Crippen LogP contribution in [0.2, 0.25) is 0 Å². The predicted molar refractivity (Wildman–Crippen MR) is 195 cm³/mol. The fourth-order valence-corrected chi connectivity index (χ4v) is 6.18. The molecule has 6 aromatic carbocycles. The van der Waals surface area contributed by atoms with Gasteiger partial charge in [-0.05, 0) is 74.5 Å². The molecule has 1 aromatic heterocycles. The highest BCUT2D eigenvalue weighted by atomic mass is 15.0. The number of aromatic nitrogens is 1. The third-order valence-corrected chi connectivity index (χ3v) is 8.57. The lowest BCUT2D eigenvalue weighted by Gasteiger charge is -2.24. The molecular weight excluding hydrogens is 542 g/mol. The largest absolute Gasteiger partial charge is 0.309 e. The zero-order chi connectivity index (χ0) is 31.6. The molecule has 7 aromatic rings. The molecule has 0 saturated heterocycles. The van der Waals surface area contributed by atoms with Crippen LogP contribution in [0.5, 0.6) is 0 Å². The first-order valence-electron chi connectivity index (χ1n) is 16.0. The van der Waals surface area contributed by atoms with E-state index in [1.807, 2.05) is 0 Å². The molecule has 0 aliphatic carbocycles. The highest BCUT2D eigenvalue weighted by Crippen LogP contribution is 2.36. The molecule has 0 saturated carbocycles. The summed E-state index contributed by atoms with van der Waals surface area (Å²) in [7, 11) is 0. The molecule has 45 heavy (non-hydrogen) atoms. The maximum absolute atomic E-state index is 2.37. The molecule has 0 bridgehead atoms. The van der Waals surface area contributed by atoms with Crippen molar-refractivity contribution in [1.82, 2.24) is 4.57 Å². The van der Waals surface area contributed by atoms with Crippen LogP contribution >= 0.6 is 0 Å². The van der Waals surface area contributed by atoms with Gasteiger partial charge in [0.25, 0.3) is 0 Å². The molecule has 1 nitrogen and oxygen atoms in total. The Balaban J connectivity index is 0.000000159. The average molecular weight is 586 g/mol. The fourth-order valence-electron chi connectivity index (χ4n) is 6.18. The minimum atomic E-state index is 0.125. The van der Waals surface area contributed by atoms with Gasteiger partial charge in [0.2, 0.25) is 0 Å². The van der Waals surface area contributed by atoms with Crippen molar-refractivity contribution in [2.45, 2.75) is 52.4 Å². The third-order valence-electron chi connectivity index (χ3n) is 8.57. The molecule has 1 heteroatoms. The van der Waals surface area contributed by atoms with Crippen molar-refractivity contribution < 1.29 is 0 Å². The first-order chi connectivity index (χ1) is 21.6. The predicted octanol–water partition coefficient (Wildman–Crippen LogP) is 12.4. The molecule has 0 radical (unpaired) electrons. The lowest BCUT2D eigenvalue weighted by molar-refractivity contribution is 0.590. The van der Waals surface area contributed by atoms with Crippen molar-refractivity contribution >= 4 is 21.8 Å². The minimum absolute atomic E-state index is 0.125. The highest BCUT2D eigenvalue weighted by Gasteiger charge is 2.19. The van der Waals surface area contributed by atoms with Crippen LogP contribution in [0, 0.1) is 0 Å². The Labute approximate surface area is 268 Å². The van der Waals surface area contributed by atoms with Gasteiger partial charge >= 0.3 is 0 Å². The molecule has 1 heterocycles. The van der Waals surface area contributed by atoms with Crippen LogP contribution in [0.25, 0.3) is 49.7 Å². The van der Waals surface area contributed by atoms with E-state index < -0.39 is 0 Å². The van der Waals surface area contributed by atoms with Crippen LogP contribution in [-0.2, 0) is 10.8 Å². The van der Waals surface area contributed by atoms with Crippen molar-refractivity contribution in [3.05, 3.63) is 163 Å². The Morgan fingerprint density at radius 3 is 1.49 bits per heavy atom. The molecule has 7 rings (SSSR count). The van der Waals surface area contributed by atoms with Gasteiger partial charge in [-0.3, -0.25) is 0 Å². The van der Waals surface area contributed by atoms with Gasteiger partial charge in [0, 0.05) is 16.5 Å². The summed E-state index contributed by atoms with van der Waals surface area (Å²) in [5.74, 6) is 0. The van der Waals surface area contributed by atoms with Crippen LogP contribution in [0.4, 0.5) is 0 Å². The smallest absolute Gasteiger partial charge is 0.0541 e. The topological polar surface area (TPSA) is 4.93 Å². The Morgan fingerprint density at radius 1 is 0.400 bits per heavy atom. The Morgan fingerprint density at radius 2 is 0.933 bits per heavy atom. The first-order valence-corrected chi connectivity index (χ1v) is 16.0. The van der Waals surface area contributed by atoms with Crippen LogP contribution in [-0.4, -0.2) is 4.57 Å². The van der Waals surface area contributed by atoms with E-state index in [9.17, 15) is 0 Å². The van der Waals surface area contributed by atoms with Gasteiger partial charge in [-0.2, -0.15) is 0 Å². The number of benzene rings is 6. The summed E-state index contributed by atoms with van der Waals surface area (Å²) < 4.78 is 2.37. The van der Waals surface area contributed by atoms with Gasteiger partial charge in [-0.1, -0.05) is 163 Å². The first kappa shape index (κ1) is 30.2. The quantitative estimate of drug-likeness (QED) is 0.194. The Kier molecular flexibility index (Phi) is 8.21. The fraction of sp³-hybridized carbons (Fsp3) is 0.182. The average Bonchev–Trinajstić information content (AvgIpc) is 3.39. The normalized spacial score (nSPS) is 11.8. The van der Waals surface area contributed by atoms with Gasteiger partial charge in [-0.25, -0.2) is 0 Å². The maximum Gasteiger partial charge on any atom is 0.0541 e. The molecule has 0 spiro atoms. The summed E-state index contributed by atoms with van der Waals surface area (Å²) in [6.07, 6.45) is 0. The van der Waals surface area contributed by atoms with Gasteiger partial charge in [0.15, 0.2) is 0 Å². The van der Waals surface area contributed by atoms with Crippen molar-refractivity contribution in [3.8, 4) is 27.9 Å². The van der Waals surface area contributed by atoms with Crippen LogP contribution in [0.3, 0.4) is 0 Å². The van der Waals surface area contributed by atoms with Crippen LogP contribution < -0.4 is 0 Å². The summed E-state index contributed by atoms with van der Waals surface area (Å²) in [5, 5.41) is 2.62. The number of fused-ring (bicyclic) bond motifs is 3. The monoisotopic (exact) mass is 585 g/mol. The lowest BCUT2D eigenvalue weighted by atomic mass is 9.80. The van der Waals surface area contributed by atoms with Gasteiger partial charge in [0.05, 0.1) is 11.0 Å². The van der Waals surface area contributed by atoms with Gasteiger partial charge in [0.1, 0.15) is 0 Å². The highest BCUT2D eigenvalue weighted by molar-refractivity contribution is 6.09. The zero-order valence-electron chi connectivity index (χ0n) is 27.4. The second-order valence-electron chi connectivity index (χ2n) is 13.9. The minimum Gasteiger partial charge on any atom is -0.309 e. The number of hydrogen-bond donors (Lipinski definition) is 0. The van der Waals surface area contributed by atoms with E-state index in [1.165, 1.54) is 60.9 Å². The van der Waals surface area contributed by atoms with E-state index >= 15 is 0 Å². The number of rotatable bonds is 3. The number of hydrogen-bond acceptors (Lipinski definition) is 0. The lowest BCUT2D eigenvalue weighted by Crippen LogP contribution is -2.12. The molecular formula is C44H43N. The summed E-state index contributed by atoms with van der Waals surface area (Å²) in [6, 6.07) is 54.3. The molecule has 0 unspecified atom stereocenters. The van der Waals surface area contributed by atoms with Crippen molar-refractivity contribution in [2.75, 3.05) is 0 Å². The zero-order valence-corrected chi connectivity index (χ0v) is 27.4. The second kappa shape index (κ2) is 12.3. The molecule has 0 aliphatic heterocycles. The van der Waals surface area contributed by atoms with E-state index in [4.69, 9.17) is 0 Å². The molecule has 0 atom stereocenters. The summed E-state index contributed by atoms with van der Waals surface area (Å²) in [5.41, 5.74) is 11.9. The van der Waals surface area contributed by atoms with Gasteiger partial charge in [-0.15, -0.1) is 0 Å². The van der Waals surface area contributed by atoms with E-state index in [1.54, 1.807) is 0 Å². The second-order valence-corrected chi connectivity index (χ2v) is 13.9. The maximum atomic E-state index is 2.37.